The van der Waals surface area contributed by atoms with Gasteiger partial charge in [-0.15, -0.1) is 0 Å². The summed E-state index contributed by atoms with van der Waals surface area (Å²) < 4.78 is 2.25. The van der Waals surface area contributed by atoms with Gasteiger partial charge in [-0.05, 0) is 122 Å². The number of anilines is 3. The Balaban J connectivity index is 1.01. The third-order valence-electron chi connectivity index (χ3n) is 11.5. The Morgan fingerprint density at radius 1 is 0.382 bits per heavy atom. The summed E-state index contributed by atoms with van der Waals surface area (Å²) in [4.78, 5) is 2.40. The minimum absolute atomic E-state index is 0.0919. The number of para-hydroxylation sites is 1. The van der Waals surface area contributed by atoms with Crippen LogP contribution in [0, 0.1) is 0 Å². The first-order valence-corrected chi connectivity index (χ1v) is 19.1. The van der Waals surface area contributed by atoms with Crippen LogP contribution < -0.4 is 4.90 Å². The lowest BCUT2D eigenvalue weighted by Crippen LogP contribution is -2.16. The van der Waals surface area contributed by atoms with Gasteiger partial charge in [-0.1, -0.05) is 147 Å². The molecule has 9 aromatic rings. The number of hydrogen-bond donors (Lipinski definition) is 0. The fourth-order valence-electron chi connectivity index (χ4n) is 8.51. The van der Waals surface area contributed by atoms with Gasteiger partial charge in [0.25, 0.3) is 0 Å². The van der Waals surface area contributed by atoms with E-state index in [1.807, 2.05) is 0 Å². The molecule has 0 N–H and O–H groups in total. The minimum Gasteiger partial charge on any atom is -0.317 e. The second kappa shape index (κ2) is 13.2. The van der Waals surface area contributed by atoms with Crippen LogP contribution in [-0.4, -0.2) is 4.57 Å². The van der Waals surface area contributed by atoms with Gasteiger partial charge in [0, 0.05) is 39.7 Å². The van der Waals surface area contributed by atoms with Crippen molar-refractivity contribution in [3.8, 4) is 50.2 Å². The maximum atomic E-state index is 2.41. The molecule has 0 amide bonds. The van der Waals surface area contributed by atoms with Gasteiger partial charge in [0.05, 0.1) is 5.52 Å². The number of aromatic nitrogens is 1. The lowest BCUT2D eigenvalue weighted by atomic mass is 9.82. The standard InChI is InChI=1S/C53H40N2/c1-53(2)50-16-10-9-15-48(50)49-31-30-47(36-51(49)53)55(45-26-21-40(22-27-45)39-19-17-38(18-20-39)37-11-5-3-6-12-37)46-28-23-41(24-29-46)42-25-32-52-43(35-42)33-34-54(52)44-13-7-4-8-14-44/h3-36H,1-2H3. The largest absolute Gasteiger partial charge is 0.317 e. The van der Waals surface area contributed by atoms with Crippen LogP contribution >= 0.6 is 0 Å². The van der Waals surface area contributed by atoms with Crippen molar-refractivity contribution in [3.05, 3.63) is 218 Å². The smallest absolute Gasteiger partial charge is 0.0528 e. The Morgan fingerprint density at radius 2 is 0.873 bits per heavy atom. The van der Waals surface area contributed by atoms with Gasteiger partial charge < -0.3 is 9.47 Å². The molecule has 2 heteroatoms. The van der Waals surface area contributed by atoms with Gasteiger partial charge in [0.2, 0.25) is 0 Å². The van der Waals surface area contributed by atoms with Gasteiger partial charge in [0.15, 0.2) is 0 Å². The molecule has 8 aromatic carbocycles. The van der Waals surface area contributed by atoms with Crippen molar-refractivity contribution in [1.29, 1.82) is 0 Å². The summed E-state index contributed by atoms with van der Waals surface area (Å²) in [5.41, 5.74) is 18.3. The molecule has 1 aromatic heterocycles. The molecule has 55 heavy (non-hydrogen) atoms. The molecule has 0 saturated carbocycles. The first-order chi connectivity index (χ1) is 27.0. The first-order valence-electron chi connectivity index (χ1n) is 19.1. The lowest BCUT2D eigenvalue weighted by Gasteiger charge is -2.28. The fraction of sp³-hybridized carbons (Fsp3) is 0.0566. The molecule has 2 nitrogen and oxygen atoms in total. The van der Waals surface area contributed by atoms with E-state index in [1.165, 1.54) is 72.2 Å². The van der Waals surface area contributed by atoms with Crippen LogP contribution in [0.4, 0.5) is 17.1 Å². The monoisotopic (exact) mass is 704 g/mol. The van der Waals surface area contributed by atoms with Gasteiger partial charge in [-0.3, -0.25) is 0 Å². The third kappa shape index (κ3) is 5.75. The van der Waals surface area contributed by atoms with Crippen LogP contribution in [0.5, 0.6) is 0 Å². The van der Waals surface area contributed by atoms with E-state index in [1.54, 1.807) is 0 Å². The summed E-state index contributed by atoms with van der Waals surface area (Å²) in [7, 11) is 0. The molecule has 0 fully saturated rings. The van der Waals surface area contributed by atoms with E-state index in [2.05, 4.69) is 230 Å². The molecule has 10 rings (SSSR count). The van der Waals surface area contributed by atoms with Crippen LogP contribution in [0.3, 0.4) is 0 Å². The predicted molar refractivity (Wildman–Crippen MR) is 232 cm³/mol. The fourth-order valence-corrected chi connectivity index (χ4v) is 8.51. The highest BCUT2D eigenvalue weighted by atomic mass is 15.1. The number of hydrogen-bond acceptors (Lipinski definition) is 1. The number of benzene rings is 8. The van der Waals surface area contributed by atoms with E-state index in [0.29, 0.717) is 0 Å². The summed E-state index contributed by atoms with van der Waals surface area (Å²) in [6.07, 6.45) is 2.16. The van der Waals surface area contributed by atoms with Crippen LogP contribution in [0.25, 0.3) is 61.1 Å². The molecule has 1 heterocycles. The SMILES string of the molecule is CC1(C)c2ccccc2-c2ccc(N(c3ccc(-c4ccc(-c5ccccc5)cc4)cc3)c3ccc(-c4ccc5c(ccn5-c5ccccc5)c4)cc3)cc21. The van der Waals surface area contributed by atoms with Gasteiger partial charge in [0.1, 0.15) is 0 Å². The summed E-state index contributed by atoms with van der Waals surface area (Å²) in [6, 6.07) is 72.9. The van der Waals surface area contributed by atoms with Crippen LogP contribution in [0.1, 0.15) is 25.0 Å². The molecule has 0 radical (unpaired) electrons. The molecule has 1 aliphatic carbocycles. The topological polar surface area (TPSA) is 8.17 Å². The Hall–Kier alpha value is -6.90. The van der Waals surface area contributed by atoms with Crippen molar-refractivity contribution in [3.63, 3.8) is 0 Å². The Morgan fingerprint density at radius 3 is 1.53 bits per heavy atom. The van der Waals surface area contributed by atoms with E-state index in [9.17, 15) is 0 Å². The zero-order valence-corrected chi connectivity index (χ0v) is 31.0. The predicted octanol–water partition coefficient (Wildman–Crippen LogP) is 14.4. The molecule has 0 unspecified atom stereocenters. The lowest BCUT2D eigenvalue weighted by molar-refractivity contribution is 0.660. The van der Waals surface area contributed by atoms with Crippen molar-refractivity contribution in [2.24, 2.45) is 0 Å². The average Bonchev–Trinajstić information content (AvgIpc) is 3.78. The van der Waals surface area contributed by atoms with E-state index in [-0.39, 0.29) is 5.41 Å². The van der Waals surface area contributed by atoms with Gasteiger partial charge in [-0.2, -0.15) is 0 Å². The molecule has 1 aliphatic rings. The maximum Gasteiger partial charge on any atom is 0.0528 e. The molecule has 0 bridgehead atoms. The normalized spacial score (nSPS) is 12.7. The number of nitrogens with zero attached hydrogens (tertiary/aromatic N) is 2. The summed E-state index contributed by atoms with van der Waals surface area (Å²) in [5.74, 6) is 0. The van der Waals surface area contributed by atoms with Crippen molar-refractivity contribution in [2.75, 3.05) is 4.90 Å². The quantitative estimate of drug-likeness (QED) is 0.160. The highest BCUT2D eigenvalue weighted by Gasteiger charge is 2.35. The van der Waals surface area contributed by atoms with E-state index in [0.717, 1.165) is 17.1 Å². The number of fused-ring (bicyclic) bond motifs is 4. The van der Waals surface area contributed by atoms with Crippen molar-refractivity contribution < 1.29 is 0 Å². The van der Waals surface area contributed by atoms with Crippen molar-refractivity contribution in [1.82, 2.24) is 4.57 Å². The molecule has 0 spiro atoms. The molecule has 0 saturated heterocycles. The van der Waals surface area contributed by atoms with Crippen LogP contribution in [0.15, 0.2) is 206 Å². The van der Waals surface area contributed by atoms with Crippen LogP contribution in [0.2, 0.25) is 0 Å². The zero-order chi connectivity index (χ0) is 36.9. The first kappa shape index (κ1) is 32.7. The average molecular weight is 705 g/mol. The van der Waals surface area contributed by atoms with E-state index in [4.69, 9.17) is 0 Å². The zero-order valence-electron chi connectivity index (χ0n) is 31.0. The maximum absolute atomic E-state index is 2.41. The second-order valence-electron chi connectivity index (χ2n) is 15.1. The second-order valence-corrected chi connectivity index (χ2v) is 15.1. The summed E-state index contributed by atoms with van der Waals surface area (Å²) >= 11 is 0. The molecular formula is C53H40N2. The summed E-state index contributed by atoms with van der Waals surface area (Å²) in [5, 5.41) is 1.23. The Labute approximate surface area is 323 Å². The minimum atomic E-state index is -0.0919. The highest BCUT2D eigenvalue weighted by Crippen LogP contribution is 2.50. The molecule has 0 atom stereocenters. The molecule has 0 aliphatic heterocycles. The Kier molecular flexibility index (Phi) is 7.85. The molecule has 262 valence electrons. The third-order valence-corrected chi connectivity index (χ3v) is 11.5. The highest BCUT2D eigenvalue weighted by molar-refractivity contribution is 5.89. The van der Waals surface area contributed by atoms with Crippen molar-refractivity contribution >= 4 is 28.0 Å². The van der Waals surface area contributed by atoms with Gasteiger partial charge >= 0.3 is 0 Å². The van der Waals surface area contributed by atoms with Crippen molar-refractivity contribution in [2.45, 2.75) is 19.3 Å². The number of rotatable bonds is 7. The van der Waals surface area contributed by atoms with E-state index < -0.39 is 0 Å². The summed E-state index contributed by atoms with van der Waals surface area (Å²) in [6.45, 7) is 4.70. The van der Waals surface area contributed by atoms with Crippen LogP contribution in [-0.2, 0) is 5.41 Å². The van der Waals surface area contributed by atoms with Gasteiger partial charge in [-0.25, -0.2) is 0 Å². The molecular weight excluding hydrogens is 665 g/mol. The Bertz CT molecular complexity index is 2790. The van der Waals surface area contributed by atoms with E-state index >= 15 is 0 Å².